The Hall–Kier alpha value is -2.94. The number of hydrogen-bond donors (Lipinski definition) is 4. The lowest BCUT2D eigenvalue weighted by Crippen LogP contribution is -2.33. The summed E-state index contributed by atoms with van der Waals surface area (Å²) in [4.78, 5) is 12.1. The third-order valence-corrected chi connectivity index (χ3v) is 9.30. The van der Waals surface area contributed by atoms with Crippen LogP contribution in [-0.2, 0) is 0 Å². The van der Waals surface area contributed by atoms with Gasteiger partial charge in [-0.15, -0.1) is 0 Å². The maximum Gasteiger partial charge on any atom is 0.131 e. The minimum atomic E-state index is -0.186. The lowest BCUT2D eigenvalue weighted by atomic mass is 9.82. The van der Waals surface area contributed by atoms with E-state index in [1.54, 1.807) is 6.07 Å². The van der Waals surface area contributed by atoms with Gasteiger partial charge in [0.2, 0.25) is 0 Å². The maximum atomic E-state index is 15.8. The van der Waals surface area contributed by atoms with Gasteiger partial charge in [0, 0.05) is 35.5 Å². The van der Waals surface area contributed by atoms with E-state index >= 15 is 4.39 Å². The molecule has 0 amide bonds. The van der Waals surface area contributed by atoms with E-state index in [0.29, 0.717) is 23.4 Å². The Morgan fingerprint density at radius 2 is 1.82 bits per heavy atom. The average Bonchev–Trinajstić information content (AvgIpc) is 3.79. The number of H-pyrrole nitrogens is 1. The average molecular weight is 559 g/mol. The first kappa shape index (κ1) is 27.2. The first-order chi connectivity index (χ1) is 19.2. The van der Waals surface area contributed by atoms with Crippen LogP contribution in [0.15, 0.2) is 47.7 Å². The van der Waals surface area contributed by atoms with Crippen LogP contribution in [0.1, 0.15) is 85.3 Å². The topological polar surface area (TPSA) is 77.1 Å². The van der Waals surface area contributed by atoms with Gasteiger partial charge in [0.15, 0.2) is 0 Å². The van der Waals surface area contributed by atoms with Crippen molar-refractivity contribution >= 4 is 25.9 Å². The summed E-state index contributed by atoms with van der Waals surface area (Å²) in [5.41, 5.74) is 8.35. The summed E-state index contributed by atoms with van der Waals surface area (Å²) in [5.74, 6) is 1.76. The third-order valence-electron chi connectivity index (χ3n) is 9.30. The highest BCUT2D eigenvalue weighted by molar-refractivity contribution is 7.59. The normalized spacial score (nSPS) is 25.2. The number of nitrogens with one attached hydrogen (secondary N) is 4. The van der Waals surface area contributed by atoms with Crippen LogP contribution in [0, 0.1) is 5.82 Å². The Balaban J connectivity index is 0.00000289. The zero-order chi connectivity index (χ0) is 26.3. The lowest BCUT2D eigenvalue weighted by molar-refractivity contribution is 0.584. The number of benzene rings is 2. The van der Waals surface area contributed by atoms with E-state index < -0.39 is 0 Å². The monoisotopic (exact) mass is 558 g/mol. The van der Waals surface area contributed by atoms with Crippen LogP contribution in [0.3, 0.4) is 0 Å². The molecule has 3 heterocycles. The predicted octanol–water partition coefficient (Wildman–Crippen LogP) is 6.13. The molecule has 2 aromatic carbocycles. The molecule has 0 radical (unpaired) electrons. The Kier molecular flexibility index (Phi) is 7.84. The summed E-state index contributed by atoms with van der Waals surface area (Å²) >= 11 is 0. The molecule has 2 saturated heterocycles. The van der Waals surface area contributed by atoms with E-state index in [9.17, 15) is 0 Å². The minimum absolute atomic E-state index is 0. The molecule has 2 bridgehead atoms. The number of fused-ring (bicyclic) bond motifs is 5. The van der Waals surface area contributed by atoms with Gasteiger partial charge < -0.3 is 20.9 Å². The van der Waals surface area contributed by atoms with Crippen molar-refractivity contribution in [3.8, 4) is 22.4 Å². The van der Waals surface area contributed by atoms with Crippen molar-refractivity contribution in [2.45, 2.75) is 68.9 Å². The maximum absolute atomic E-state index is 15.8. The molecule has 3 unspecified atom stereocenters. The summed E-state index contributed by atoms with van der Waals surface area (Å²) in [6.45, 7) is 6.71. The van der Waals surface area contributed by atoms with Crippen LogP contribution >= 0.6 is 13.5 Å². The molecule has 2 aliphatic carbocycles. The molecule has 1 saturated carbocycles. The molecule has 2 aliphatic heterocycles. The van der Waals surface area contributed by atoms with Crippen molar-refractivity contribution in [2.75, 3.05) is 19.6 Å². The Bertz CT molecular complexity index is 1420. The van der Waals surface area contributed by atoms with Gasteiger partial charge in [0.05, 0.1) is 23.6 Å². The van der Waals surface area contributed by atoms with Gasteiger partial charge in [-0.1, -0.05) is 24.3 Å². The second kappa shape index (κ2) is 11.5. The summed E-state index contributed by atoms with van der Waals surface area (Å²) in [5, 5.41) is 10.7. The molecule has 210 valence electrons. The standard InChI is InChI=1S/C32H37FN6.H2S/c1-34-17-29(37-16-22-4-2-12-35-22)25-11-10-24(30-20-6-7-21(14-20)31(25)30)23-9-8-19(15-26(23)33)28-18-38-32(39-28)27-5-3-13-36-27;/h8-11,15,17-18,20-22,27,35-37H,1-7,12-14,16H2,(H,38,39);1H2/b29-17-;/t20?,21?,22?,27-;/m0./s1. The number of aromatic amines is 1. The van der Waals surface area contributed by atoms with Gasteiger partial charge in [-0.25, -0.2) is 9.37 Å². The molecule has 0 spiro atoms. The van der Waals surface area contributed by atoms with Crippen molar-refractivity contribution in [3.63, 3.8) is 0 Å². The van der Waals surface area contributed by atoms with E-state index in [2.05, 4.69) is 49.8 Å². The zero-order valence-electron chi connectivity index (χ0n) is 22.9. The van der Waals surface area contributed by atoms with Crippen molar-refractivity contribution in [2.24, 2.45) is 4.99 Å². The SMILES string of the molecule is C=N/C=C(\NCC1CCCN1)c1ccc(-c2ccc(-c3cnc([C@@H]4CCCN4)[nH]3)cc2F)c2c1C1CCC2C1.S. The predicted molar refractivity (Wildman–Crippen MR) is 166 cm³/mol. The second-order valence-electron chi connectivity index (χ2n) is 11.6. The van der Waals surface area contributed by atoms with Crippen LogP contribution < -0.4 is 16.0 Å². The molecule has 6 nitrogen and oxygen atoms in total. The first-order valence-corrected chi connectivity index (χ1v) is 14.6. The quantitative estimate of drug-likeness (QED) is 0.251. The number of hydrogen-bond acceptors (Lipinski definition) is 5. The van der Waals surface area contributed by atoms with Gasteiger partial charge in [0.25, 0.3) is 0 Å². The Labute approximate surface area is 242 Å². The molecule has 1 aromatic heterocycles. The van der Waals surface area contributed by atoms with Gasteiger partial charge in [-0.3, -0.25) is 4.99 Å². The van der Waals surface area contributed by atoms with Crippen molar-refractivity contribution < 1.29 is 4.39 Å². The molecular formula is C32H39FN6S. The first-order valence-electron chi connectivity index (χ1n) is 14.6. The molecular weight excluding hydrogens is 519 g/mol. The Morgan fingerprint density at radius 3 is 2.58 bits per heavy atom. The summed E-state index contributed by atoms with van der Waals surface area (Å²) in [6.07, 6.45) is 11.9. The Morgan fingerprint density at radius 1 is 1.02 bits per heavy atom. The largest absolute Gasteiger partial charge is 0.382 e. The third kappa shape index (κ3) is 4.91. The molecule has 4 atom stereocenters. The fourth-order valence-corrected chi connectivity index (χ4v) is 7.44. The van der Waals surface area contributed by atoms with Crippen LogP contribution in [0.4, 0.5) is 4.39 Å². The second-order valence-corrected chi connectivity index (χ2v) is 11.6. The number of rotatable bonds is 8. The van der Waals surface area contributed by atoms with Gasteiger partial charge in [0.1, 0.15) is 11.6 Å². The van der Waals surface area contributed by atoms with Crippen LogP contribution in [0.5, 0.6) is 0 Å². The molecule has 40 heavy (non-hydrogen) atoms. The number of imidazole rings is 1. The number of aliphatic imine (C=N–C) groups is 1. The van der Waals surface area contributed by atoms with Gasteiger partial charge in [-0.05, 0) is 99.3 Å². The molecule has 8 heteroatoms. The van der Waals surface area contributed by atoms with Crippen molar-refractivity contribution in [1.29, 1.82) is 0 Å². The van der Waals surface area contributed by atoms with E-state index in [0.717, 1.165) is 67.2 Å². The molecule has 4 N–H and O–H groups in total. The zero-order valence-corrected chi connectivity index (χ0v) is 23.9. The van der Waals surface area contributed by atoms with E-state index in [4.69, 9.17) is 0 Å². The van der Waals surface area contributed by atoms with Crippen LogP contribution in [0.2, 0.25) is 0 Å². The molecule has 7 rings (SSSR count). The van der Waals surface area contributed by atoms with Gasteiger partial charge >= 0.3 is 0 Å². The van der Waals surface area contributed by atoms with E-state index in [1.807, 2.05) is 24.5 Å². The van der Waals surface area contributed by atoms with Crippen molar-refractivity contribution in [3.05, 3.63) is 71.1 Å². The minimum Gasteiger partial charge on any atom is -0.382 e. The fraction of sp³-hybridized carbons (Fsp3) is 0.438. The summed E-state index contributed by atoms with van der Waals surface area (Å²) in [7, 11) is 0. The molecule has 3 fully saturated rings. The highest BCUT2D eigenvalue weighted by Crippen LogP contribution is 2.57. The molecule has 3 aromatic rings. The number of nitrogens with zero attached hydrogens (tertiary/aromatic N) is 2. The van der Waals surface area contributed by atoms with E-state index in [-0.39, 0.29) is 25.4 Å². The highest BCUT2D eigenvalue weighted by atomic mass is 32.1. The number of halogens is 1. The summed E-state index contributed by atoms with van der Waals surface area (Å²) in [6, 6.07) is 10.7. The lowest BCUT2D eigenvalue weighted by Gasteiger charge is -2.25. The smallest absolute Gasteiger partial charge is 0.131 e. The van der Waals surface area contributed by atoms with Crippen LogP contribution in [0.25, 0.3) is 28.1 Å². The number of aromatic nitrogens is 2. The van der Waals surface area contributed by atoms with E-state index in [1.165, 1.54) is 42.4 Å². The molecule has 4 aliphatic rings. The highest BCUT2D eigenvalue weighted by Gasteiger charge is 2.41. The van der Waals surface area contributed by atoms with Crippen LogP contribution in [-0.4, -0.2) is 42.4 Å². The van der Waals surface area contributed by atoms with Gasteiger partial charge in [-0.2, -0.15) is 13.5 Å². The van der Waals surface area contributed by atoms with Crippen molar-refractivity contribution in [1.82, 2.24) is 25.9 Å². The summed E-state index contributed by atoms with van der Waals surface area (Å²) < 4.78 is 15.8. The fourth-order valence-electron chi connectivity index (χ4n) is 7.44.